The molecule has 4 rings (SSSR count). The van der Waals surface area contributed by atoms with Crippen LogP contribution >= 0.6 is 0 Å². The number of fused-ring (bicyclic) bond motifs is 1. The molecule has 0 bridgehead atoms. The lowest BCUT2D eigenvalue weighted by molar-refractivity contribution is -0.137. The Kier molecular flexibility index (Phi) is 4.78. The van der Waals surface area contributed by atoms with Gasteiger partial charge in [-0.25, -0.2) is 14.4 Å². The molecule has 0 aliphatic heterocycles. The first-order valence-electron chi connectivity index (χ1n) is 8.50. The summed E-state index contributed by atoms with van der Waals surface area (Å²) in [5.41, 5.74) is 0.152. The molecule has 0 spiro atoms. The number of nitrogens with one attached hydrogen (secondary N) is 3. The van der Waals surface area contributed by atoms with Gasteiger partial charge in [-0.3, -0.25) is 9.89 Å². The molecule has 0 unspecified atom stereocenters. The van der Waals surface area contributed by atoms with Crippen LogP contribution < -0.4 is 10.6 Å². The molecule has 0 saturated heterocycles. The molecule has 0 saturated carbocycles. The number of hydrogen-bond acceptors (Lipinski definition) is 5. The van der Waals surface area contributed by atoms with Crippen LogP contribution in [0.1, 0.15) is 15.9 Å². The third kappa shape index (κ3) is 3.90. The molecule has 4 aromatic rings. The molecule has 3 heterocycles. The summed E-state index contributed by atoms with van der Waals surface area (Å²) in [7, 11) is 0. The maximum Gasteiger partial charge on any atom is 0.416 e. The average Bonchev–Trinajstić information content (AvgIpc) is 3.19. The highest BCUT2D eigenvalue weighted by Crippen LogP contribution is 2.30. The topological polar surface area (TPSA) is 95.6 Å². The fraction of sp³-hybridized carbons (Fsp3) is 0.0526. The van der Waals surface area contributed by atoms with E-state index < -0.39 is 23.5 Å². The lowest BCUT2D eigenvalue weighted by Crippen LogP contribution is -2.15. The van der Waals surface area contributed by atoms with Crippen LogP contribution in [0.3, 0.4) is 0 Å². The largest absolute Gasteiger partial charge is 0.416 e. The molecule has 11 heteroatoms. The quantitative estimate of drug-likeness (QED) is 0.426. The van der Waals surface area contributed by atoms with Gasteiger partial charge in [-0.15, -0.1) is 0 Å². The number of alkyl halides is 3. The minimum Gasteiger partial charge on any atom is -0.339 e. The van der Waals surface area contributed by atoms with Crippen LogP contribution in [-0.4, -0.2) is 26.1 Å². The molecule has 0 aliphatic carbocycles. The minimum absolute atomic E-state index is 0.0505. The molecule has 0 aliphatic rings. The summed E-state index contributed by atoms with van der Waals surface area (Å²) < 4.78 is 51.8. The molecular weight excluding hydrogens is 404 g/mol. The molecule has 7 nitrogen and oxygen atoms in total. The Morgan fingerprint density at radius 2 is 1.80 bits per heavy atom. The van der Waals surface area contributed by atoms with E-state index in [9.17, 15) is 22.4 Å². The van der Waals surface area contributed by atoms with Crippen LogP contribution in [0.4, 0.5) is 34.8 Å². The van der Waals surface area contributed by atoms with Crippen molar-refractivity contribution in [3.05, 3.63) is 71.9 Å². The van der Waals surface area contributed by atoms with Crippen molar-refractivity contribution >= 4 is 34.1 Å². The first-order chi connectivity index (χ1) is 14.3. The second-order valence-corrected chi connectivity index (χ2v) is 6.19. The summed E-state index contributed by atoms with van der Waals surface area (Å²) in [4.78, 5) is 20.7. The van der Waals surface area contributed by atoms with Crippen LogP contribution in [0.2, 0.25) is 0 Å². The summed E-state index contributed by atoms with van der Waals surface area (Å²) in [6.45, 7) is 0. The lowest BCUT2D eigenvalue weighted by Gasteiger charge is -2.13. The van der Waals surface area contributed by atoms with Gasteiger partial charge in [0.1, 0.15) is 11.6 Å². The summed E-state index contributed by atoms with van der Waals surface area (Å²) in [5, 5.41) is 12.6. The number of H-pyrrole nitrogens is 1. The number of rotatable bonds is 4. The fourth-order valence-corrected chi connectivity index (χ4v) is 2.74. The highest BCUT2D eigenvalue weighted by Gasteiger charge is 2.30. The van der Waals surface area contributed by atoms with E-state index in [4.69, 9.17) is 0 Å². The zero-order valence-electron chi connectivity index (χ0n) is 15.0. The van der Waals surface area contributed by atoms with E-state index in [-0.39, 0.29) is 17.1 Å². The summed E-state index contributed by atoms with van der Waals surface area (Å²) >= 11 is 0. The molecule has 1 aromatic carbocycles. The number of benzene rings is 1. The first kappa shape index (κ1) is 19.3. The molecule has 3 aromatic heterocycles. The number of anilines is 3. The van der Waals surface area contributed by atoms with E-state index in [0.717, 1.165) is 36.5 Å². The number of hydrogen-bond donors (Lipinski definition) is 3. The summed E-state index contributed by atoms with van der Waals surface area (Å²) in [6, 6.07) is 6.50. The van der Waals surface area contributed by atoms with Crippen molar-refractivity contribution in [3.63, 3.8) is 0 Å². The van der Waals surface area contributed by atoms with Gasteiger partial charge >= 0.3 is 6.18 Å². The maximum absolute atomic E-state index is 13.8. The van der Waals surface area contributed by atoms with Crippen molar-refractivity contribution in [2.75, 3.05) is 10.6 Å². The predicted octanol–water partition coefficient (Wildman–Crippen LogP) is 4.51. The number of aromatic nitrogens is 4. The predicted molar refractivity (Wildman–Crippen MR) is 101 cm³/mol. The van der Waals surface area contributed by atoms with Crippen molar-refractivity contribution in [1.82, 2.24) is 20.2 Å². The fourth-order valence-electron chi connectivity index (χ4n) is 2.74. The van der Waals surface area contributed by atoms with Crippen molar-refractivity contribution in [1.29, 1.82) is 0 Å². The van der Waals surface area contributed by atoms with E-state index >= 15 is 0 Å². The second-order valence-electron chi connectivity index (χ2n) is 6.19. The zero-order chi connectivity index (χ0) is 21.3. The Bertz CT molecular complexity index is 1220. The Morgan fingerprint density at radius 1 is 1.03 bits per heavy atom. The number of halogens is 4. The highest BCUT2D eigenvalue weighted by atomic mass is 19.4. The van der Waals surface area contributed by atoms with Gasteiger partial charge in [0.15, 0.2) is 5.65 Å². The van der Waals surface area contributed by atoms with Gasteiger partial charge in [-0.2, -0.15) is 18.3 Å². The van der Waals surface area contributed by atoms with Gasteiger partial charge in [-0.05, 0) is 36.4 Å². The van der Waals surface area contributed by atoms with E-state index in [1.165, 1.54) is 12.4 Å². The van der Waals surface area contributed by atoms with E-state index in [1.54, 1.807) is 6.07 Å². The minimum atomic E-state index is -4.49. The van der Waals surface area contributed by atoms with Crippen LogP contribution in [0.15, 0.2) is 55.0 Å². The standard InChI is InChI=1S/C19H12F4N6O/c20-11-7-13(18(30)27-12-3-1-10(2-4-12)19(21,22)23)16(25-8-11)28-15-5-6-24-17-14(15)9-26-29-17/h1-9H,(H,27,30)(H2,24,25,26,28,29). The SMILES string of the molecule is O=C(Nc1ccc(C(F)(F)F)cc1)c1cc(F)cnc1Nc1ccnc2[nH]ncc12. The first-order valence-corrected chi connectivity index (χ1v) is 8.50. The van der Waals surface area contributed by atoms with Crippen molar-refractivity contribution < 1.29 is 22.4 Å². The van der Waals surface area contributed by atoms with Gasteiger partial charge < -0.3 is 10.6 Å². The number of carbonyl (C=O) groups is 1. The lowest BCUT2D eigenvalue weighted by atomic mass is 10.2. The highest BCUT2D eigenvalue weighted by molar-refractivity contribution is 6.08. The number of pyridine rings is 2. The van der Waals surface area contributed by atoms with Crippen molar-refractivity contribution in [2.45, 2.75) is 6.18 Å². The van der Waals surface area contributed by atoms with Crippen LogP contribution in [0, 0.1) is 5.82 Å². The van der Waals surface area contributed by atoms with Crippen LogP contribution in [-0.2, 0) is 6.18 Å². The number of carbonyl (C=O) groups excluding carboxylic acids is 1. The molecular formula is C19H12F4N6O. The zero-order valence-corrected chi connectivity index (χ0v) is 15.0. The Balaban J connectivity index is 1.61. The molecule has 0 radical (unpaired) electrons. The van der Waals surface area contributed by atoms with Gasteiger partial charge in [0.05, 0.1) is 34.6 Å². The molecule has 0 atom stereocenters. The van der Waals surface area contributed by atoms with Gasteiger partial charge in [-0.1, -0.05) is 0 Å². The Hall–Kier alpha value is -4.02. The Morgan fingerprint density at radius 3 is 2.53 bits per heavy atom. The van der Waals surface area contributed by atoms with E-state index in [0.29, 0.717) is 16.7 Å². The average molecular weight is 416 g/mol. The van der Waals surface area contributed by atoms with Gasteiger partial charge in [0.25, 0.3) is 5.91 Å². The molecule has 30 heavy (non-hydrogen) atoms. The third-order valence-corrected chi connectivity index (χ3v) is 4.18. The number of nitrogens with zero attached hydrogens (tertiary/aromatic N) is 3. The number of aromatic amines is 1. The van der Waals surface area contributed by atoms with Gasteiger partial charge in [0.2, 0.25) is 0 Å². The molecule has 3 N–H and O–H groups in total. The normalized spacial score (nSPS) is 11.5. The molecule has 152 valence electrons. The molecule has 1 amide bonds. The maximum atomic E-state index is 13.8. The second kappa shape index (κ2) is 7.43. The van der Waals surface area contributed by atoms with E-state index in [1.807, 2.05) is 0 Å². The molecule has 0 fully saturated rings. The van der Waals surface area contributed by atoms with Crippen molar-refractivity contribution in [3.8, 4) is 0 Å². The number of amides is 1. The third-order valence-electron chi connectivity index (χ3n) is 4.18. The Labute approximate surface area is 166 Å². The van der Waals surface area contributed by atoms with Gasteiger partial charge in [0, 0.05) is 11.9 Å². The monoisotopic (exact) mass is 416 g/mol. The van der Waals surface area contributed by atoms with Crippen molar-refractivity contribution in [2.24, 2.45) is 0 Å². The smallest absolute Gasteiger partial charge is 0.339 e. The summed E-state index contributed by atoms with van der Waals surface area (Å²) in [6.07, 6.45) is -0.523. The summed E-state index contributed by atoms with van der Waals surface area (Å²) in [5.74, 6) is -1.45. The van der Waals surface area contributed by atoms with Crippen LogP contribution in [0.25, 0.3) is 11.0 Å². The van der Waals surface area contributed by atoms with E-state index in [2.05, 4.69) is 30.8 Å². The van der Waals surface area contributed by atoms with Crippen LogP contribution in [0.5, 0.6) is 0 Å².